The van der Waals surface area contributed by atoms with Crippen LogP contribution in [0.5, 0.6) is 23.0 Å². The number of nitrogens with one attached hydrogen (secondary N) is 1. The lowest BCUT2D eigenvalue weighted by Crippen LogP contribution is -2.48. The molecule has 8 nitrogen and oxygen atoms in total. The van der Waals surface area contributed by atoms with Gasteiger partial charge < -0.3 is 33.8 Å². The molecule has 0 saturated heterocycles. The van der Waals surface area contributed by atoms with Crippen molar-refractivity contribution in [2.24, 2.45) is 0 Å². The van der Waals surface area contributed by atoms with Crippen LogP contribution in [0.2, 0.25) is 36.3 Å². The van der Waals surface area contributed by atoms with Crippen molar-refractivity contribution in [3.05, 3.63) is 29.3 Å². The molecule has 0 radical (unpaired) electrons. The zero-order valence-corrected chi connectivity index (χ0v) is 33.2. The minimum atomic E-state index is -2.15. The van der Waals surface area contributed by atoms with E-state index < -0.39 is 28.1 Å². The van der Waals surface area contributed by atoms with Gasteiger partial charge in [0.1, 0.15) is 5.60 Å². The Kier molecular flexibility index (Phi) is 13.7. The van der Waals surface area contributed by atoms with E-state index in [9.17, 15) is 9.90 Å². The second kappa shape index (κ2) is 15.9. The molecule has 10 heteroatoms. The minimum absolute atomic E-state index is 0.132. The molecule has 0 bridgehead atoms. The van der Waals surface area contributed by atoms with Gasteiger partial charge >= 0.3 is 6.09 Å². The molecule has 0 heterocycles. The topological polar surface area (TPSA) is 95.5 Å². The molecule has 2 rings (SSSR count). The number of carbonyl (C=O) groups excluding carboxylic acids is 1. The summed E-state index contributed by atoms with van der Waals surface area (Å²) in [7, 11) is 0.604. The van der Waals surface area contributed by atoms with Crippen molar-refractivity contribution in [2.75, 3.05) is 34.5 Å². The van der Waals surface area contributed by atoms with Gasteiger partial charge in [-0.2, -0.15) is 0 Å². The van der Waals surface area contributed by atoms with Crippen LogP contribution in [0.1, 0.15) is 73.4 Å². The molecule has 2 aromatic rings. The van der Waals surface area contributed by atoms with Gasteiger partial charge in [-0.05, 0) is 95.9 Å². The summed E-state index contributed by atoms with van der Waals surface area (Å²) in [6.07, 6.45) is 0.674. The maximum Gasteiger partial charge on any atom is 0.407 e. The number of rotatable bonds is 15. The molecule has 2 N–H and O–H groups in total. The standard InChI is InChI=1S/C36H61NO7Si2/c1-23(2)46(24(3)4,25(5)6)43-19-17-27-20-29(38)33(42-12)34(45(13,14)15)32(27)28-22-31(41-11)30(40-10)21-26(28)16-18-37-35(39)44-36(7,8)9/h20-25,38H,16-19H2,1-15H3,(H,37,39). The largest absolute Gasteiger partial charge is 0.504 e. The predicted octanol–water partition coefficient (Wildman–Crippen LogP) is 8.43. The molecular formula is C36H61NO7Si2. The van der Waals surface area contributed by atoms with Crippen LogP contribution >= 0.6 is 0 Å². The summed E-state index contributed by atoms with van der Waals surface area (Å²) in [5, 5.41) is 15.3. The average molecular weight is 676 g/mol. The van der Waals surface area contributed by atoms with E-state index in [1.54, 1.807) is 21.3 Å². The Bertz CT molecular complexity index is 1310. The maximum atomic E-state index is 12.5. The van der Waals surface area contributed by atoms with Gasteiger partial charge in [0.2, 0.25) is 0 Å². The van der Waals surface area contributed by atoms with Crippen molar-refractivity contribution in [1.82, 2.24) is 5.32 Å². The molecule has 0 aromatic heterocycles. The molecule has 0 atom stereocenters. The zero-order chi connectivity index (χ0) is 35.2. The van der Waals surface area contributed by atoms with Crippen LogP contribution in [0.25, 0.3) is 11.1 Å². The van der Waals surface area contributed by atoms with Gasteiger partial charge in [-0.25, -0.2) is 4.79 Å². The molecule has 0 aliphatic carbocycles. The third-order valence-corrected chi connectivity index (χ3v) is 16.8. The Morgan fingerprint density at radius 1 is 0.826 bits per heavy atom. The number of amides is 1. The van der Waals surface area contributed by atoms with Crippen molar-refractivity contribution >= 4 is 27.7 Å². The van der Waals surface area contributed by atoms with Gasteiger partial charge in [-0.3, -0.25) is 0 Å². The van der Waals surface area contributed by atoms with E-state index in [1.165, 1.54) is 0 Å². The fourth-order valence-corrected chi connectivity index (χ4v) is 14.4. The number of ether oxygens (including phenoxy) is 4. The number of hydrogen-bond donors (Lipinski definition) is 2. The second-order valence-electron chi connectivity index (χ2n) is 15.0. The zero-order valence-electron chi connectivity index (χ0n) is 31.2. The highest BCUT2D eigenvalue weighted by Gasteiger charge is 2.45. The minimum Gasteiger partial charge on any atom is -0.504 e. The van der Waals surface area contributed by atoms with Crippen LogP contribution in [0.15, 0.2) is 18.2 Å². The quantitative estimate of drug-likeness (QED) is 0.183. The number of hydrogen-bond acceptors (Lipinski definition) is 7. The first kappa shape index (κ1) is 39.5. The van der Waals surface area contributed by atoms with Crippen molar-refractivity contribution < 1.29 is 33.3 Å². The van der Waals surface area contributed by atoms with E-state index >= 15 is 0 Å². The predicted molar refractivity (Wildman–Crippen MR) is 195 cm³/mol. The number of carbonyl (C=O) groups is 1. The number of phenolic OH excluding ortho intramolecular Hbond substituents is 1. The number of benzene rings is 2. The van der Waals surface area contributed by atoms with Crippen LogP contribution in [0.3, 0.4) is 0 Å². The Labute approximate surface area is 280 Å². The molecule has 0 spiro atoms. The Morgan fingerprint density at radius 3 is 1.83 bits per heavy atom. The third kappa shape index (κ3) is 9.22. The first-order valence-electron chi connectivity index (χ1n) is 16.5. The molecule has 260 valence electrons. The van der Waals surface area contributed by atoms with Crippen molar-refractivity contribution in [1.29, 1.82) is 0 Å². The smallest absolute Gasteiger partial charge is 0.407 e. The average Bonchev–Trinajstić information content (AvgIpc) is 2.92. The molecule has 1 amide bonds. The number of aromatic hydroxyl groups is 1. The van der Waals surface area contributed by atoms with Gasteiger partial charge in [0.25, 0.3) is 0 Å². The van der Waals surface area contributed by atoms with Crippen LogP contribution in [-0.2, 0) is 22.0 Å². The Morgan fingerprint density at radius 2 is 1.37 bits per heavy atom. The van der Waals surface area contributed by atoms with Crippen LogP contribution in [0, 0.1) is 0 Å². The van der Waals surface area contributed by atoms with Gasteiger partial charge in [0.05, 0.1) is 29.4 Å². The van der Waals surface area contributed by atoms with E-state index in [0.717, 1.165) is 27.4 Å². The van der Waals surface area contributed by atoms with Crippen molar-refractivity contribution in [3.8, 4) is 34.1 Å². The van der Waals surface area contributed by atoms with E-state index in [-0.39, 0.29) is 5.75 Å². The summed E-state index contributed by atoms with van der Waals surface area (Å²) in [6, 6.07) is 5.83. The first-order chi connectivity index (χ1) is 21.2. The number of methoxy groups -OCH3 is 3. The van der Waals surface area contributed by atoms with Crippen LogP contribution in [-0.4, -0.2) is 67.7 Å². The second-order valence-corrected chi connectivity index (χ2v) is 25.5. The Hall–Kier alpha value is -2.70. The molecule has 0 aliphatic rings. The SMILES string of the molecule is COc1cc(CCNC(=O)OC(C)(C)C)c(-c2c(CCO[Si](C(C)C)(C(C)C)C(C)C)cc(O)c(OC)c2[Si](C)(C)C)cc1OC. The fourth-order valence-electron chi connectivity index (χ4n) is 6.94. The highest BCUT2D eigenvalue weighted by Crippen LogP contribution is 2.44. The summed E-state index contributed by atoms with van der Waals surface area (Å²) < 4.78 is 29.9. The number of alkyl carbamates (subject to hydrolysis) is 1. The van der Waals surface area contributed by atoms with Gasteiger partial charge in [0, 0.05) is 13.2 Å². The summed E-state index contributed by atoms with van der Waals surface area (Å²) in [6.45, 7) is 27.0. The molecule has 2 aromatic carbocycles. The van der Waals surface area contributed by atoms with Gasteiger partial charge in [-0.1, -0.05) is 61.2 Å². The maximum absolute atomic E-state index is 12.5. The van der Waals surface area contributed by atoms with Crippen molar-refractivity contribution in [3.63, 3.8) is 0 Å². The monoisotopic (exact) mass is 675 g/mol. The van der Waals surface area contributed by atoms with Crippen molar-refractivity contribution in [2.45, 2.75) is 117 Å². The molecule has 0 fully saturated rings. The molecule has 0 aliphatic heterocycles. The highest BCUT2D eigenvalue weighted by atomic mass is 28.4. The molecule has 0 saturated carbocycles. The summed E-state index contributed by atoms with van der Waals surface area (Å²) in [5.74, 6) is 1.84. The van der Waals surface area contributed by atoms with E-state index in [4.69, 9.17) is 23.4 Å². The van der Waals surface area contributed by atoms with Gasteiger partial charge in [-0.15, -0.1) is 0 Å². The number of phenols is 1. The van der Waals surface area contributed by atoms with Crippen LogP contribution < -0.4 is 24.7 Å². The van der Waals surface area contributed by atoms with Crippen LogP contribution in [0.4, 0.5) is 4.79 Å². The normalized spacial score (nSPS) is 12.6. The third-order valence-electron chi connectivity index (χ3n) is 8.67. The van der Waals surface area contributed by atoms with Gasteiger partial charge in [0.15, 0.2) is 31.3 Å². The highest BCUT2D eigenvalue weighted by molar-refractivity contribution is 6.90. The van der Waals surface area contributed by atoms with E-state index in [0.29, 0.717) is 59.9 Å². The lowest BCUT2D eigenvalue weighted by molar-refractivity contribution is 0.0528. The molecule has 46 heavy (non-hydrogen) atoms. The summed E-state index contributed by atoms with van der Waals surface area (Å²) in [5.41, 5.74) is 4.73. The van der Waals surface area contributed by atoms with E-state index in [1.807, 2.05) is 39.0 Å². The molecular weight excluding hydrogens is 615 g/mol. The Balaban J connectivity index is 2.81. The summed E-state index contributed by atoms with van der Waals surface area (Å²) >= 11 is 0. The first-order valence-corrected chi connectivity index (χ1v) is 22.2. The fraction of sp³-hybridized carbons (Fsp3) is 0.639. The summed E-state index contributed by atoms with van der Waals surface area (Å²) in [4.78, 5) is 12.5. The lowest BCUT2D eigenvalue weighted by atomic mass is 9.91. The molecule has 0 unspecified atom stereocenters. The van der Waals surface area contributed by atoms with E-state index in [2.05, 4.69) is 66.5 Å². The lowest BCUT2D eigenvalue weighted by Gasteiger charge is -2.42.